The van der Waals surface area contributed by atoms with Gasteiger partial charge in [-0.1, -0.05) is 29.3 Å². The molecule has 5 heteroatoms. The van der Waals surface area contributed by atoms with Gasteiger partial charge in [0.05, 0.1) is 17.4 Å². The average molecular weight is 276 g/mol. The molecule has 3 N–H and O–H groups in total. The summed E-state index contributed by atoms with van der Waals surface area (Å²) in [6, 6.07) is 7.25. The smallest absolute Gasteiger partial charge is 0.257 e. The van der Waals surface area contributed by atoms with E-state index in [0.717, 1.165) is 16.8 Å². The molecular weight excluding hydrogens is 262 g/mol. The first-order chi connectivity index (χ1) is 8.97. The third-order valence-corrected chi connectivity index (χ3v) is 2.98. The zero-order valence-electron chi connectivity index (χ0n) is 10.7. The molecule has 0 aliphatic heterocycles. The summed E-state index contributed by atoms with van der Waals surface area (Å²) < 4.78 is 0. The minimum absolute atomic E-state index is 0.236. The van der Waals surface area contributed by atoms with E-state index in [4.69, 9.17) is 17.3 Å². The first kappa shape index (κ1) is 13.4. The van der Waals surface area contributed by atoms with Gasteiger partial charge in [-0.15, -0.1) is 0 Å². The zero-order chi connectivity index (χ0) is 14.0. The Bertz CT molecular complexity index is 641. The van der Waals surface area contributed by atoms with E-state index in [1.165, 1.54) is 12.3 Å². The van der Waals surface area contributed by atoms with Crippen molar-refractivity contribution in [3.63, 3.8) is 0 Å². The van der Waals surface area contributed by atoms with Crippen molar-refractivity contribution in [2.24, 2.45) is 0 Å². The maximum atomic E-state index is 12.1. The number of nitrogen functional groups attached to an aromatic ring is 1. The number of benzene rings is 1. The normalized spacial score (nSPS) is 10.3. The van der Waals surface area contributed by atoms with Crippen LogP contribution >= 0.6 is 11.6 Å². The van der Waals surface area contributed by atoms with Gasteiger partial charge in [0, 0.05) is 5.69 Å². The number of nitrogens with one attached hydrogen (secondary N) is 1. The van der Waals surface area contributed by atoms with Crippen LogP contribution in [0, 0.1) is 13.8 Å². The maximum absolute atomic E-state index is 12.1. The Morgan fingerprint density at radius 2 is 2.05 bits per heavy atom. The highest BCUT2D eigenvalue weighted by molar-refractivity contribution is 6.30. The fraction of sp³-hybridized carbons (Fsp3) is 0.143. The van der Waals surface area contributed by atoms with Crippen LogP contribution in [0.1, 0.15) is 21.5 Å². The number of hydrogen-bond donors (Lipinski definition) is 2. The van der Waals surface area contributed by atoms with E-state index >= 15 is 0 Å². The Morgan fingerprint density at radius 3 is 2.74 bits per heavy atom. The van der Waals surface area contributed by atoms with Crippen LogP contribution in [0.3, 0.4) is 0 Å². The molecular formula is C14H14ClN3O. The lowest BCUT2D eigenvalue weighted by Crippen LogP contribution is -2.15. The van der Waals surface area contributed by atoms with Crippen molar-refractivity contribution >= 4 is 28.9 Å². The van der Waals surface area contributed by atoms with Crippen LogP contribution in [-0.4, -0.2) is 10.9 Å². The molecule has 0 saturated heterocycles. The minimum atomic E-state index is -0.297. The molecule has 0 spiro atoms. The van der Waals surface area contributed by atoms with Crippen molar-refractivity contribution in [1.29, 1.82) is 0 Å². The van der Waals surface area contributed by atoms with Gasteiger partial charge >= 0.3 is 0 Å². The lowest BCUT2D eigenvalue weighted by Gasteiger charge is -2.10. The molecule has 2 rings (SSSR count). The monoisotopic (exact) mass is 275 g/mol. The molecule has 0 unspecified atom stereocenters. The molecule has 1 amide bonds. The van der Waals surface area contributed by atoms with Crippen LogP contribution in [0.5, 0.6) is 0 Å². The van der Waals surface area contributed by atoms with E-state index in [1.54, 1.807) is 0 Å². The molecule has 0 atom stereocenters. The summed E-state index contributed by atoms with van der Waals surface area (Å²) in [4.78, 5) is 16.0. The van der Waals surface area contributed by atoms with Gasteiger partial charge in [0.2, 0.25) is 0 Å². The lowest BCUT2D eigenvalue weighted by atomic mass is 10.1. The number of amides is 1. The van der Waals surface area contributed by atoms with Crippen LogP contribution in [0.25, 0.3) is 0 Å². The first-order valence-corrected chi connectivity index (χ1v) is 6.15. The Kier molecular flexibility index (Phi) is 3.71. The summed E-state index contributed by atoms with van der Waals surface area (Å²) in [6.45, 7) is 3.94. The largest absolute Gasteiger partial charge is 0.397 e. The lowest BCUT2D eigenvalue weighted by molar-refractivity contribution is 0.102. The number of hydrogen-bond acceptors (Lipinski definition) is 3. The summed E-state index contributed by atoms with van der Waals surface area (Å²) in [5, 5.41) is 3.05. The van der Waals surface area contributed by atoms with Crippen LogP contribution in [-0.2, 0) is 0 Å². The van der Waals surface area contributed by atoms with Gasteiger partial charge in [0.1, 0.15) is 5.15 Å². The molecule has 0 fully saturated rings. The van der Waals surface area contributed by atoms with Crippen molar-refractivity contribution in [3.8, 4) is 0 Å². The Balaban J connectivity index is 2.28. The molecule has 1 aromatic carbocycles. The fourth-order valence-electron chi connectivity index (χ4n) is 1.78. The van der Waals surface area contributed by atoms with Gasteiger partial charge < -0.3 is 11.1 Å². The number of anilines is 2. The van der Waals surface area contributed by atoms with Gasteiger partial charge in [-0.05, 0) is 31.5 Å². The van der Waals surface area contributed by atoms with Gasteiger partial charge in [-0.25, -0.2) is 4.98 Å². The number of halogens is 1. The van der Waals surface area contributed by atoms with E-state index < -0.39 is 0 Å². The quantitative estimate of drug-likeness (QED) is 0.827. The molecule has 0 aliphatic carbocycles. The second-order valence-electron chi connectivity index (χ2n) is 4.37. The van der Waals surface area contributed by atoms with Crippen LogP contribution in [0.4, 0.5) is 11.4 Å². The van der Waals surface area contributed by atoms with Crippen LogP contribution in [0.2, 0.25) is 5.15 Å². The predicted octanol–water partition coefficient (Wildman–Crippen LogP) is 3.19. The van der Waals surface area contributed by atoms with Crippen LogP contribution in [0.15, 0.2) is 30.5 Å². The first-order valence-electron chi connectivity index (χ1n) is 5.77. The van der Waals surface area contributed by atoms with E-state index in [9.17, 15) is 4.79 Å². The summed E-state index contributed by atoms with van der Waals surface area (Å²) >= 11 is 5.77. The highest BCUT2D eigenvalue weighted by atomic mass is 35.5. The number of rotatable bonds is 2. The molecule has 4 nitrogen and oxygen atoms in total. The number of nitrogens with zero attached hydrogens (tertiary/aromatic N) is 1. The molecule has 0 aliphatic rings. The zero-order valence-corrected chi connectivity index (χ0v) is 11.5. The van der Waals surface area contributed by atoms with E-state index in [2.05, 4.69) is 10.3 Å². The third kappa shape index (κ3) is 3.03. The number of nitrogens with two attached hydrogens (primary N) is 1. The summed E-state index contributed by atoms with van der Waals surface area (Å²) in [5.74, 6) is -0.297. The molecule has 0 saturated carbocycles. The van der Waals surface area contributed by atoms with Crippen LogP contribution < -0.4 is 11.1 Å². The molecule has 0 bridgehead atoms. The molecule has 0 radical (unpaired) electrons. The molecule has 1 aromatic heterocycles. The topological polar surface area (TPSA) is 68.0 Å². The minimum Gasteiger partial charge on any atom is -0.397 e. The Morgan fingerprint density at radius 1 is 1.32 bits per heavy atom. The number of pyridine rings is 1. The van der Waals surface area contributed by atoms with Gasteiger partial charge in [-0.2, -0.15) is 0 Å². The Hall–Kier alpha value is -2.07. The van der Waals surface area contributed by atoms with Crippen molar-refractivity contribution in [3.05, 3.63) is 52.3 Å². The SMILES string of the molecule is Cc1ccc(NC(=O)c2cc(Cl)ncc2N)c(C)c1. The maximum Gasteiger partial charge on any atom is 0.257 e. The van der Waals surface area contributed by atoms with Gasteiger partial charge in [0.25, 0.3) is 5.91 Å². The summed E-state index contributed by atoms with van der Waals surface area (Å²) in [6.07, 6.45) is 1.37. The number of aryl methyl sites for hydroxylation is 2. The van der Waals surface area contributed by atoms with Gasteiger partial charge in [0.15, 0.2) is 0 Å². The number of aromatic nitrogens is 1. The summed E-state index contributed by atoms with van der Waals surface area (Å²) in [7, 11) is 0. The standard InChI is InChI=1S/C14H14ClN3O/c1-8-3-4-12(9(2)5-8)18-14(19)10-6-13(15)17-7-11(10)16/h3-7H,16H2,1-2H3,(H,18,19). The summed E-state index contributed by atoms with van der Waals surface area (Å²) in [5.41, 5.74) is 9.23. The van der Waals surface area contributed by atoms with Gasteiger partial charge in [-0.3, -0.25) is 4.79 Å². The molecule has 2 aromatic rings. The van der Waals surface area contributed by atoms with Crippen molar-refractivity contribution < 1.29 is 4.79 Å². The average Bonchev–Trinajstić information content (AvgIpc) is 2.35. The molecule has 1 heterocycles. The predicted molar refractivity (Wildman–Crippen MR) is 77.5 cm³/mol. The van der Waals surface area contributed by atoms with Crippen molar-refractivity contribution in [2.75, 3.05) is 11.1 Å². The third-order valence-electron chi connectivity index (χ3n) is 2.78. The number of carbonyl (C=O) groups is 1. The molecule has 98 valence electrons. The van der Waals surface area contributed by atoms with Crippen molar-refractivity contribution in [2.45, 2.75) is 13.8 Å². The molecule has 19 heavy (non-hydrogen) atoms. The van der Waals surface area contributed by atoms with E-state index in [0.29, 0.717) is 11.3 Å². The second-order valence-corrected chi connectivity index (χ2v) is 4.75. The fourth-order valence-corrected chi connectivity index (χ4v) is 1.94. The van der Waals surface area contributed by atoms with E-state index in [-0.39, 0.29) is 11.1 Å². The highest BCUT2D eigenvalue weighted by Crippen LogP contribution is 2.20. The van der Waals surface area contributed by atoms with Crippen molar-refractivity contribution in [1.82, 2.24) is 4.98 Å². The van der Waals surface area contributed by atoms with E-state index in [1.807, 2.05) is 32.0 Å². The Labute approximate surface area is 116 Å². The number of carbonyl (C=O) groups excluding carboxylic acids is 1. The second kappa shape index (κ2) is 5.28. The highest BCUT2D eigenvalue weighted by Gasteiger charge is 2.12.